The van der Waals surface area contributed by atoms with E-state index in [-0.39, 0.29) is 16.7 Å². The molecule has 0 bridgehead atoms. The number of benzene rings is 1. The summed E-state index contributed by atoms with van der Waals surface area (Å²) in [4.78, 5) is 13.9. The third-order valence-corrected chi connectivity index (χ3v) is 5.97. The lowest BCUT2D eigenvalue weighted by atomic mass is 10.0. The first kappa shape index (κ1) is 16.9. The lowest BCUT2D eigenvalue weighted by Gasteiger charge is -2.37. The highest BCUT2D eigenvalue weighted by Crippen LogP contribution is 2.21. The Morgan fingerprint density at radius 2 is 1.77 bits per heavy atom. The van der Waals surface area contributed by atoms with E-state index < -0.39 is 16.7 Å². The van der Waals surface area contributed by atoms with Crippen LogP contribution in [0.3, 0.4) is 0 Å². The van der Waals surface area contributed by atoms with Crippen molar-refractivity contribution in [3.8, 4) is 0 Å². The maximum absolute atomic E-state index is 12.4. The van der Waals surface area contributed by atoms with Crippen LogP contribution < -0.4 is 0 Å². The van der Waals surface area contributed by atoms with Gasteiger partial charge in [-0.2, -0.15) is 4.31 Å². The number of amides is 1. The highest BCUT2D eigenvalue weighted by Gasteiger charge is 2.31. The molecule has 1 aliphatic heterocycles. The van der Waals surface area contributed by atoms with Crippen molar-refractivity contribution >= 4 is 15.9 Å². The molecule has 1 aromatic rings. The van der Waals surface area contributed by atoms with Crippen LogP contribution in [0.2, 0.25) is 0 Å². The monoisotopic (exact) mass is 328 g/mol. The van der Waals surface area contributed by atoms with Crippen LogP contribution in [0.15, 0.2) is 29.2 Å². The zero-order valence-electron chi connectivity index (χ0n) is 12.8. The Morgan fingerprint density at radius 1 is 1.23 bits per heavy atom. The Morgan fingerprint density at radius 3 is 2.23 bits per heavy atom. The van der Waals surface area contributed by atoms with Gasteiger partial charge in [0, 0.05) is 37.7 Å². The van der Waals surface area contributed by atoms with Crippen molar-refractivity contribution in [2.24, 2.45) is 5.92 Å². The van der Waals surface area contributed by atoms with E-state index in [1.165, 1.54) is 28.6 Å². The molecule has 0 N–H and O–H groups in total. The summed E-state index contributed by atoms with van der Waals surface area (Å²) in [5.74, 6) is -0.247. The van der Waals surface area contributed by atoms with Crippen LogP contribution in [0.4, 0.5) is 4.39 Å². The molecule has 2 rings (SSSR count). The second-order valence-electron chi connectivity index (χ2n) is 5.34. The van der Waals surface area contributed by atoms with Gasteiger partial charge < -0.3 is 4.90 Å². The number of nitrogens with zero attached hydrogens (tertiary/aromatic N) is 2. The standard InChI is InChI=1S/C15H21FN2O3S/c1-3-18(4-2)22(20,21)14-7-5-13(6-8-14)15(19)17-10-12(9-16)11-17/h5-8,12H,3-4,9-11H2,1-2H3. The summed E-state index contributed by atoms with van der Waals surface area (Å²) in [5, 5.41) is 0. The van der Waals surface area contributed by atoms with Crippen LogP contribution in [-0.4, -0.2) is 56.4 Å². The molecule has 0 atom stereocenters. The average molecular weight is 328 g/mol. The van der Waals surface area contributed by atoms with Crippen molar-refractivity contribution in [1.82, 2.24) is 9.21 Å². The molecule has 7 heteroatoms. The maximum atomic E-state index is 12.4. The van der Waals surface area contributed by atoms with Gasteiger partial charge in [-0.05, 0) is 24.3 Å². The molecule has 1 heterocycles. The van der Waals surface area contributed by atoms with Gasteiger partial charge in [-0.25, -0.2) is 8.42 Å². The Bertz CT molecular complexity index is 621. The minimum Gasteiger partial charge on any atom is -0.338 e. The molecule has 5 nitrogen and oxygen atoms in total. The van der Waals surface area contributed by atoms with Gasteiger partial charge in [-0.3, -0.25) is 9.18 Å². The molecule has 1 saturated heterocycles. The second-order valence-corrected chi connectivity index (χ2v) is 7.28. The average Bonchev–Trinajstić information content (AvgIpc) is 2.47. The molecule has 122 valence electrons. The van der Waals surface area contributed by atoms with E-state index in [1.807, 2.05) is 0 Å². The van der Waals surface area contributed by atoms with Crippen molar-refractivity contribution in [1.29, 1.82) is 0 Å². The number of hydrogen-bond donors (Lipinski definition) is 0. The van der Waals surface area contributed by atoms with Gasteiger partial charge in [0.15, 0.2) is 0 Å². The van der Waals surface area contributed by atoms with Crippen molar-refractivity contribution < 1.29 is 17.6 Å². The zero-order chi connectivity index (χ0) is 16.3. The molecule has 1 amide bonds. The van der Waals surface area contributed by atoms with Crippen LogP contribution in [0.5, 0.6) is 0 Å². The second kappa shape index (κ2) is 6.75. The minimum absolute atomic E-state index is 0.0636. The fourth-order valence-corrected chi connectivity index (χ4v) is 3.96. The summed E-state index contributed by atoms with van der Waals surface area (Å²) in [7, 11) is -3.51. The van der Waals surface area contributed by atoms with Crippen LogP contribution >= 0.6 is 0 Å². The molecule has 0 aromatic heterocycles. The van der Waals surface area contributed by atoms with Gasteiger partial charge in [0.1, 0.15) is 0 Å². The number of likely N-dealkylation sites (tertiary alicyclic amines) is 1. The van der Waals surface area contributed by atoms with Gasteiger partial charge in [0.25, 0.3) is 5.91 Å². The van der Waals surface area contributed by atoms with Crippen molar-refractivity contribution in [3.05, 3.63) is 29.8 Å². The Labute approximate surface area is 130 Å². The number of rotatable bonds is 6. The number of carbonyl (C=O) groups is 1. The first-order valence-electron chi connectivity index (χ1n) is 7.39. The molecular weight excluding hydrogens is 307 g/mol. The molecule has 0 unspecified atom stereocenters. The Kier molecular flexibility index (Phi) is 5.18. The topological polar surface area (TPSA) is 57.7 Å². The lowest BCUT2D eigenvalue weighted by molar-refractivity contribution is 0.0452. The molecule has 0 aliphatic carbocycles. The van der Waals surface area contributed by atoms with E-state index in [0.29, 0.717) is 31.7 Å². The lowest BCUT2D eigenvalue weighted by Crippen LogP contribution is -2.50. The fraction of sp³-hybridized carbons (Fsp3) is 0.533. The highest BCUT2D eigenvalue weighted by molar-refractivity contribution is 7.89. The third-order valence-electron chi connectivity index (χ3n) is 3.91. The molecular formula is C15H21FN2O3S. The normalized spacial score (nSPS) is 15.9. The SMILES string of the molecule is CCN(CC)S(=O)(=O)c1ccc(C(=O)N2CC(CF)C2)cc1. The first-order valence-corrected chi connectivity index (χ1v) is 8.83. The van der Waals surface area contributed by atoms with E-state index in [9.17, 15) is 17.6 Å². The van der Waals surface area contributed by atoms with Gasteiger partial charge in [-0.1, -0.05) is 13.8 Å². The van der Waals surface area contributed by atoms with E-state index in [2.05, 4.69) is 0 Å². The fourth-order valence-electron chi connectivity index (χ4n) is 2.50. The molecule has 1 aromatic carbocycles. The van der Waals surface area contributed by atoms with Crippen molar-refractivity contribution in [2.75, 3.05) is 32.9 Å². The molecule has 22 heavy (non-hydrogen) atoms. The largest absolute Gasteiger partial charge is 0.338 e. The predicted octanol–water partition coefficient (Wildman–Crippen LogP) is 1.76. The number of halogens is 1. The summed E-state index contributed by atoms with van der Waals surface area (Å²) in [5.41, 5.74) is 0.427. The molecule has 1 fully saturated rings. The Hall–Kier alpha value is -1.47. The molecule has 0 saturated carbocycles. The van der Waals surface area contributed by atoms with Gasteiger partial charge in [-0.15, -0.1) is 0 Å². The summed E-state index contributed by atoms with van der Waals surface area (Å²) in [6, 6.07) is 5.93. The highest BCUT2D eigenvalue weighted by atomic mass is 32.2. The number of sulfonamides is 1. The third kappa shape index (κ3) is 3.15. The Balaban J connectivity index is 2.12. The zero-order valence-corrected chi connectivity index (χ0v) is 13.6. The maximum Gasteiger partial charge on any atom is 0.253 e. The van der Waals surface area contributed by atoms with Crippen molar-refractivity contribution in [3.63, 3.8) is 0 Å². The summed E-state index contributed by atoms with van der Waals surface area (Å²) >= 11 is 0. The van der Waals surface area contributed by atoms with Gasteiger partial charge in [0.2, 0.25) is 10.0 Å². The quantitative estimate of drug-likeness (QED) is 0.799. The first-order chi connectivity index (χ1) is 10.4. The summed E-state index contributed by atoms with van der Waals surface area (Å²) in [6.45, 7) is 4.80. The van der Waals surface area contributed by atoms with Crippen LogP contribution in [0.1, 0.15) is 24.2 Å². The van der Waals surface area contributed by atoms with E-state index >= 15 is 0 Å². The molecule has 1 aliphatic rings. The summed E-state index contributed by atoms with van der Waals surface area (Å²) in [6.07, 6.45) is 0. The van der Waals surface area contributed by atoms with Gasteiger partial charge >= 0.3 is 0 Å². The smallest absolute Gasteiger partial charge is 0.253 e. The number of hydrogen-bond acceptors (Lipinski definition) is 3. The number of alkyl halides is 1. The number of carbonyl (C=O) groups excluding carboxylic acids is 1. The molecule has 0 radical (unpaired) electrons. The van der Waals surface area contributed by atoms with E-state index in [1.54, 1.807) is 18.7 Å². The van der Waals surface area contributed by atoms with Crippen LogP contribution in [-0.2, 0) is 10.0 Å². The summed E-state index contributed by atoms with van der Waals surface area (Å²) < 4.78 is 38.5. The van der Waals surface area contributed by atoms with E-state index in [4.69, 9.17) is 0 Å². The van der Waals surface area contributed by atoms with Crippen molar-refractivity contribution in [2.45, 2.75) is 18.7 Å². The van der Waals surface area contributed by atoms with Crippen LogP contribution in [0, 0.1) is 5.92 Å². The predicted molar refractivity (Wildman–Crippen MR) is 81.9 cm³/mol. The minimum atomic E-state index is -3.51. The van der Waals surface area contributed by atoms with E-state index in [0.717, 1.165) is 0 Å². The van der Waals surface area contributed by atoms with Gasteiger partial charge in [0.05, 0.1) is 11.6 Å². The molecule has 0 spiro atoms. The van der Waals surface area contributed by atoms with Crippen LogP contribution in [0.25, 0.3) is 0 Å².